The Bertz CT molecular complexity index is 727. The van der Waals surface area contributed by atoms with Crippen molar-refractivity contribution < 1.29 is 4.39 Å². The molecule has 2 heterocycles. The summed E-state index contributed by atoms with van der Waals surface area (Å²) < 4.78 is 17.6. The fraction of sp³-hybridized carbons (Fsp3) is 0.143. The molecule has 5 heteroatoms. The van der Waals surface area contributed by atoms with Crippen molar-refractivity contribution in [3.63, 3.8) is 0 Å². The van der Waals surface area contributed by atoms with Crippen LogP contribution in [0.25, 0.3) is 17.1 Å². The lowest BCUT2D eigenvalue weighted by molar-refractivity contribution is 0.610. The number of aromatic nitrogens is 4. The molecule has 0 radical (unpaired) electrons. The van der Waals surface area contributed by atoms with Crippen molar-refractivity contribution in [1.29, 1.82) is 0 Å². The first-order valence-corrected chi connectivity index (χ1v) is 5.95. The molecule has 0 atom stereocenters. The van der Waals surface area contributed by atoms with Gasteiger partial charge < -0.3 is 4.57 Å². The van der Waals surface area contributed by atoms with E-state index in [2.05, 4.69) is 10.1 Å². The Hall–Kier alpha value is -2.43. The maximum atomic E-state index is 14.2. The van der Waals surface area contributed by atoms with Crippen LogP contribution >= 0.6 is 0 Å². The average molecular weight is 256 g/mol. The predicted molar refractivity (Wildman–Crippen MR) is 70.5 cm³/mol. The van der Waals surface area contributed by atoms with Gasteiger partial charge in [-0.25, -0.2) is 14.1 Å². The minimum Gasteiger partial charge on any atom is -0.334 e. The maximum Gasteiger partial charge on any atom is 0.149 e. The standard InChI is InChI=1S/C14H13FN4/c1-10-6-8-19(17-10)13-11(4-3-5-12(13)15)14-16-7-9-18(14)2/h3-9H,1-2H3. The topological polar surface area (TPSA) is 35.6 Å². The van der Waals surface area contributed by atoms with Gasteiger partial charge in [0, 0.05) is 31.2 Å². The highest BCUT2D eigenvalue weighted by molar-refractivity contribution is 5.68. The second-order valence-electron chi connectivity index (χ2n) is 4.40. The van der Waals surface area contributed by atoms with Gasteiger partial charge in [-0.1, -0.05) is 6.07 Å². The number of rotatable bonds is 2. The fourth-order valence-electron chi connectivity index (χ4n) is 2.09. The number of hydrogen-bond donors (Lipinski definition) is 0. The van der Waals surface area contributed by atoms with E-state index in [-0.39, 0.29) is 5.82 Å². The minimum atomic E-state index is -0.316. The van der Waals surface area contributed by atoms with Crippen molar-refractivity contribution in [2.45, 2.75) is 6.92 Å². The van der Waals surface area contributed by atoms with Crippen molar-refractivity contribution >= 4 is 0 Å². The van der Waals surface area contributed by atoms with E-state index in [4.69, 9.17) is 0 Å². The second kappa shape index (κ2) is 4.35. The highest BCUT2D eigenvalue weighted by Crippen LogP contribution is 2.27. The van der Waals surface area contributed by atoms with Crippen molar-refractivity contribution in [3.8, 4) is 17.1 Å². The van der Waals surface area contributed by atoms with Gasteiger partial charge in [-0.05, 0) is 25.1 Å². The third-order valence-corrected chi connectivity index (χ3v) is 3.00. The Kier molecular flexibility index (Phi) is 2.67. The summed E-state index contributed by atoms with van der Waals surface area (Å²) in [5, 5.41) is 4.28. The van der Waals surface area contributed by atoms with E-state index in [0.717, 1.165) is 11.3 Å². The largest absolute Gasteiger partial charge is 0.334 e. The normalized spacial score (nSPS) is 10.9. The minimum absolute atomic E-state index is 0.316. The van der Waals surface area contributed by atoms with Crippen LogP contribution in [0, 0.1) is 12.7 Å². The molecule has 3 rings (SSSR count). The van der Waals surface area contributed by atoms with Gasteiger partial charge in [-0.3, -0.25) is 0 Å². The summed E-state index contributed by atoms with van der Waals surface area (Å²) in [6, 6.07) is 6.80. The molecule has 2 aromatic heterocycles. The summed E-state index contributed by atoms with van der Waals surface area (Å²) >= 11 is 0. The molecule has 0 unspecified atom stereocenters. The first-order valence-electron chi connectivity index (χ1n) is 5.95. The van der Waals surface area contributed by atoms with Crippen LogP contribution in [0.5, 0.6) is 0 Å². The quantitative estimate of drug-likeness (QED) is 0.706. The van der Waals surface area contributed by atoms with Crippen molar-refractivity contribution in [3.05, 3.63) is 54.4 Å². The van der Waals surface area contributed by atoms with Crippen LogP contribution in [-0.2, 0) is 7.05 Å². The first-order chi connectivity index (χ1) is 9.16. The molecular weight excluding hydrogens is 243 g/mol. The monoisotopic (exact) mass is 256 g/mol. The molecule has 0 aliphatic rings. The van der Waals surface area contributed by atoms with Gasteiger partial charge in [-0.2, -0.15) is 5.10 Å². The SMILES string of the molecule is Cc1ccn(-c2c(F)cccc2-c2nccn2C)n1. The summed E-state index contributed by atoms with van der Waals surface area (Å²) in [6.45, 7) is 1.87. The zero-order chi connectivity index (χ0) is 13.4. The summed E-state index contributed by atoms with van der Waals surface area (Å²) in [5.74, 6) is 0.395. The molecule has 0 fully saturated rings. The maximum absolute atomic E-state index is 14.2. The summed E-state index contributed by atoms with van der Waals surface area (Å²) in [5.41, 5.74) is 1.98. The van der Waals surface area contributed by atoms with Gasteiger partial charge in [0.25, 0.3) is 0 Å². The molecule has 3 aromatic rings. The number of para-hydroxylation sites is 1. The Morgan fingerprint density at radius 3 is 2.63 bits per heavy atom. The molecule has 0 saturated heterocycles. The molecule has 0 aliphatic carbocycles. The molecule has 4 nitrogen and oxygen atoms in total. The van der Waals surface area contributed by atoms with E-state index in [9.17, 15) is 4.39 Å². The summed E-state index contributed by atoms with van der Waals surface area (Å²) in [6.07, 6.45) is 5.27. The number of nitrogens with zero attached hydrogens (tertiary/aromatic N) is 4. The van der Waals surface area contributed by atoms with Gasteiger partial charge in [0.2, 0.25) is 0 Å². The molecule has 0 N–H and O–H groups in total. The number of aryl methyl sites for hydroxylation is 2. The molecule has 0 saturated carbocycles. The average Bonchev–Trinajstić information content (AvgIpc) is 2.98. The van der Waals surface area contributed by atoms with Crippen LogP contribution in [0.4, 0.5) is 4.39 Å². The van der Waals surface area contributed by atoms with Gasteiger partial charge in [0.1, 0.15) is 17.3 Å². The van der Waals surface area contributed by atoms with Crippen LogP contribution in [-0.4, -0.2) is 19.3 Å². The van der Waals surface area contributed by atoms with Crippen molar-refractivity contribution in [1.82, 2.24) is 19.3 Å². The lowest BCUT2D eigenvalue weighted by atomic mass is 10.1. The lowest BCUT2D eigenvalue weighted by Crippen LogP contribution is -2.04. The van der Waals surface area contributed by atoms with E-state index in [1.807, 2.05) is 36.9 Å². The van der Waals surface area contributed by atoms with Crippen LogP contribution in [0.1, 0.15) is 5.69 Å². The Labute approximate surface area is 110 Å². The highest BCUT2D eigenvalue weighted by Gasteiger charge is 2.15. The van der Waals surface area contributed by atoms with E-state index in [1.165, 1.54) is 6.07 Å². The van der Waals surface area contributed by atoms with Crippen molar-refractivity contribution in [2.75, 3.05) is 0 Å². The predicted octanol–water partition coefficient (Wildman–Crippen LogP) is 2.72. The van der Waals surface area contributed by atoms with E-state index < -0.39 is 0 Å². The number of hydrogen-bond acceptors (Lipinski definition) is 2. The molecule has 1 aromatic carbocycles. The fourth-order valence-corrected chi connectivity index (χ4v) is 2.09. The molecular formula is C14H13FN4. The Morgan fingerprint density at radius 1 is 1.16 bits per heavy atom. The van der Waals surface area contributed by atoms with Crippen LogP contribution < -0.4 is 0 Å². The van der Waals surface area contributed by atoms with E-state index in [1.54, 1.807) is 23.1 Å². The van der Waals surface area contributed by atoms with E-state index in [0.29, 0.717) is 11.5 Å². The third kappa shape index (κ3) is 1.93. The van der Waals surface area contributed by atoms with Crippen molar-refractivity contribution in [2.24, 2.45) is 7.05 Å². The Balaban J connectivity index is 2.27. The molecule has 0 aliphatic heterocycles. The van der Waals surface area contributed by atoms with Crippen LogP contribution in [0.2, 0.25) is 0 Å². The molecule has 0 spiro atoms. The first kappa shape index (κ1) is 11.6. The zero-order valence-electron chi connectivity index (χ0n) is 10.7. The highest BCUT2D eigenvalue weighted by atomic mass is 19.1. The molecule has 96 valence electrons. The summed E-state index contributed by atoms with van der Waals surface area (Å²) in [4.78, 5) is 4.28. The van der Waals surface area contributed by atoms with Crippen LogP contribution in [0.15, 0.2) is 42.9 Å². The molecule has 0 bridgehead atoms. The van der Waals surface area contributed by atoms with Gasteiger partial charge >= 0.3 is 0 Å². The van der Waals surface area contributed by atoms with Gasteiger partial charge in [0.05, 0.1) is 5.69 Å². The molecule has 19 heavy (non-hydrogen) atoms. The zero-order valence-corrected chi connectivity index (χ0v) is 10.7. The summed E-state index contributed by atoms with van der Waals surface area (Å²) in [7, 11) is 1.88. The third-order valence-electron chi connectivity index (χ3n) is 3.00. The number of imidazole rings is 1. The van der Waals surface area contributed by atoms with E-state index >= 15 is 0 Å². The smallest absolute Gasteiger partial charge is 0.149 e. The lowest BCUT2D eigenvalue weighted by Gasteiger charge is -2.10. The Morgan fingerprint density at radius 2 is 2.00 bits per heavy atom. The molecule has 0 amide bonds. The van der Waals surface area contributed by atoms with Crippen LogP contribution in [0.3, 0.4) is 0 Å². The number of halogens is 1. The second-order valence-corrected chi connectivity index (χ2v) is 4.40. The van der Waals surface area contributed by atoms with Gasteiger partial charge in [-0.15, -0.1) is 0 Å². The number of benzene rings is 1. The van der Waals surface area contributed by atoms with Gasteiger partial charge in [0.15, 0.2) is 0 Å².